The Labute approximate surface area is 290 Å². The van der Waals surface area contributed by atoms with Gasteiger partial charge in [0.1, 0.15) is 0 Å². The fourth-order valence-electron chi connectivity index (χ4n) is 8.63. The van der Waals surface area contributed by atoms with E-state index >= 15 is 0 Å². The van der Waals surface area contributed by atoms with E-state index in [1.54, 1.807) is 0 Å². The monoisotopic (exact) mass is 668 g/mol. The molecule has 49 heavy (non-hydrogen) atoms. The van der Waals surface area contributed by atoms with Crippen molar-refractivity contribution >= 4 is 11.9 Å². The van der Waals surface area contributed by atoms with Crippen LogP contribution in [0.2, 0.25) is 0 Å². The first-order chi connectivity index (χ1) is 23.5. The molecule has 0 spiro atoms. The molecule has 1 amide bonds. The van der Waals surface area contributed by atoms with Gasteiger partial charge in [-0.1, -0.05) is 87.5 Å². The number of carboxylic acid groups (broad SMARTS) is 1. The largest absolute Gasteiger partial charge is 0.481 e. The van der Waals surface area contributed by atoms with E-state index in [1.807, 2.05) is 24.3 Å². The number of amides is 1. The number of ether oxygens (including phenoxy) is 2. The molecule has 3 aromatic carbocycles. The summed E-state index contributed by atoms with van der Waals surface area (Å²) in [4.78, 5) is 25.6. The van der Waals surface area contributed by atoms with E-state index in [9.17, 15) is 14.7 Å². The van der Waals surface area contributed by atoms with Crippen LogP contribution in [0.5, 0.6) is 0 Å². The van der Waals surface area contributed by atoms with Crippen LogP contribution < -0.4 is 5.32 Å². The first-order valence-electron chi connectivity index (χ1n) is 17.9. The van der Waals surface area contributed by atoms with Crippen molar-refractivity contribution in [1.82, 2.24) is 10.2 Å². The van der Waals surface area contributed by atoms with Crippen molar-refractivity contribution in [3.63, 3.8) is 0 Å². The van der Waals surface area contributed by atoms with E-state index in [0.717, 1.165) is 52.9 Å². The molecule has 2 aliphatic heterocycles. The first kappa shape index (κ1) is 35.3. The summed E-state index contributed by atoms with van der Waals surface area (Å²) in [5.41, 5.74) is 6.81. The summed E-state index contributed by atoms with van der Waals surface area (Å²) < 4.78 is 13.4. The molecule has 3 aliphatic rings. The average molecular weight is 669 g/mol. The summed E-state index contributed by atoms with van der Waals surface area (Å²) in [5, 5.41) is 21.3. The molecule has 2 saturated heterocycles. The van der Waals surface area contributed by atoms with Crippen molar-refractivity contribution in [2.75, 3.05) is 13.1 Å². The minimum absolute atomic E-state index is 0.0195. The molecule has 8 heteroatoms. The normalized spacial score (nSPS) is 26.4. The maximum absolute atomic E-state index is 12.3. The van der Waals surface area contributed by atoms with Crippen LogP contribution >= 0.6 is 0 Å². The number of nitrogens with zero attached hydrogens (tertiary/aromatic N) is 1. The third kappa shape index (κ3) is 9.17. The molecule has 8 nitrogen and oxygen atoms in total. The number of carbonyl (C=O) groups excluding carboxylic acids is 1. The summed E-state index contributed by atoms with van der Waals surface area (Å²) >= 11 is 0. The molecule has 2 unspecified atom stereocenters. The number of aliphatic hydroxyl groups is 1. The first-order valence-corrected chi connectivity index (χ1v) is 17.9. The molecule has 6 rings (SSSR count). The van der Waals surface area contributed by atoms with Gasteiger partial charge in [0, 0.05) is 50.5 Å². The standard InChI is InChI=1S/C41H52N2O6/c1-40(2)21-34-22-41(3,26-40)27-43(34)24-35-20-36(31-13-11-28(25-44)12-14-31)49-39(48-35)32-17-15-30(16-18-32)33-8-6-7-29(19-33)23-42-37(45)9-4-5-10-38(46)47/h6-8,11-19,34-36,39,44H,4-5,9-10,20-27H2,1-3H3,(H,42,45)(H,46,47)/t34?,35-,36+,39+,41?/m1/s1. The molecule has 1 aliphatic carbocycles. The van der Waals surface area contributed by atoms with E-state index in [2.05, 4.69) is 79.5 Å². The lowest BCUT2D eigenvalue weighted by atomic mass is 9.65. The summed E-state index contributed by atoms with van der Waals surface area (Å²) in [5.74, 6) is -0.903. The molecule has 262 valence electrons. The maximum Gasteiger partial charge on any atom is 0.303 e. The number of likely N-dealkylation sites (tertiary alicyclic amines) is 1. The van der Waals surface area contributed by atoms with Gasteiger partial charge < -0.3 is 25.0 Å². The van der Waals surface area contributed by atoms with Crippen LogP contribution in [0, 0.1) is 10.8 Å². The van der Waals surface area contributed by atoms with Crippen molar-refractivity contribution in [2.45, 2.75) is 110 Å². The van der Waals surface area contributed by atoms with Gasteiger partial charge in [-0.3, -0.25) is 14.5 Å². The van der Waals surface area contributed by atoms with E-state index in [0.29, 0.717) is 42.7 Å². The van der Waals surface area contributed by atoms with Gasteiger partial charge in [-0.2, -0.15) is 0 Å². The Kier molecular flexibility index (Phi) is 10.9. The van der Waals surface area contributed by atoms with E-state index in [1.165, 1.54) is 19.3 Å². The van der Waals surface area contributed by atoms with Crippen molar-refractivity contribution in [3.8, 4) is 11.1 Å². The highest BCUT2D eigenvalue weighted by molar-refractivity contribution is 5.76. The Morgan fingerprint density at radius 1 is 0.878 bits per heavy atom. The average Bonchev–Trinajstić information content (AvgIpc) is 3.32. The second-order valence-corrected chi connectivity index (χ2v) is 15.7. The zero-order valence-corrected chi connectivity index (χ0v) is 29.2. The molecular formula is C41H52N2O6. The third-order valence-corrected chi connectivity index (χ3v) is 10.6. The molecule has 0 radical (unpaired) electrons. The number of fused-ring (bicyclic) bond motifs is 2. The Hall–Kier alpha value is -3.56. The number of aliphatic hydroxyl groups excluding tert-OH is 1. The molecule has 0 aromatic heterocycles. The van der Waals surface area contributed by atoms with Crippen molar-refractivity contribution in [2.24, 2.45) is 10.8 Å². The van der Waals surface area contributed by atoms with Crippen molar-refractivity contribution in [3.05, 3.63) is 95.1 Å². The second-order valence-electron chi connectivity index (χ2n) is 15.7. The minimum atomic E-state index is -0.833. The number of hydrogen-bond donors (Lipinski definition) is 3. The number of aliphatic carboxylic acids is 1. The number of hydrogen-bond acceptors (Lipinski definition) is 6. The Morgan fingerprint density at radius 2 is 1.61 bits per heavy atom. The second kappa shape index (κ2) is 15.1. The van der Waals surface area contributed by atoms with Gasteiger partial charge in [-0.05, 0) is 76.8 Å². The van der Waals surface area contributed by atoms with Gasteiger partial charge in [0.25, 0.3) is 0 Å². The Morgan fingerprint density at radius 3 is 2.35 bits per heavy atom. The van der Waals surface area contributed by atoms with E-state index in [-0.39, 0.29) is 31.1 Å². The van der Waals surface area contributed by atoms with E-state index in [4.69, 9.17) is 14.6 Å². The summed E-state index contributed by atoms with van der Waals surface area (Å²) in [6.07, 6.45) is 5.42. The molecular weight excluding hydrogens is 616 g/mol. The van der Waals surface area contributed by atoms with Gasteiger partial charge in [0.05, 0.1) is 18.8 Å². The van der Waals surface area contributed by atoms with Crippen LogP contribution in [0.1, 0.15) is 107 Å². The van der Waals surface area contributed by atoms with E-state index < -0.39 is 12.3 Å². The predicted molar refractivity (Wildman–Crippen MR) is 189 cm³/mol. The minimum Gasteiger partial charge on any atom is -0.481 e. The summed E-state index contributed by atoms with van der Waals surface area (Å²) in [6, 6.07) is 25.2. The smallest absolute Gasteiger partial charge is 0.303 e. The topological polar surface area (TPSA) is 108 Å². The molecule has 2 heterocycles. The van der Waals surface area contributed by atoms with Crippen molar-refractivity contribution in [1.29, 1.82) is 0 Å². The Bertz CT molecular complexity index is 1590. The zero-order chi connectivity index (χ0) is 34.6. The maximum atomic E-state index is 12.3. The fraction of sp³-hybridized carbons (Fsp3) is 0.512. The number of carbonyl (C=O) groups is 2. The highest BCUT2D eigenvalue weighted by Gasteiger charge is 2.50. The van der Waals surface area contributed by atoms with Crippen LogP contribution in [-0.4, -0.2) is 52.2 Å². The number of benzene rings is 3. The predicted octanol–water partition coefficient (Wildman–Crippen LogP) is 7.55. The van der Waals surface area contributed by atoms with Gasteiger partial charge >= 0.3 is 5.97 Å². The lowest BCUT2D eigenvalue weighted by Crippen LogP contribution is -2.42. The molecule has 2 bridgehead atoms. The molecule has 3 fully saturated rings. The summed E-state index contributed by atoms with van der Waals surface area (Å²) in [6.45, 7) is 9.75. The number of carboxylic acids is 1. The highest BCUT2D eigenvalue weighted by Crippen LogP contribution is 2.53. The Balaban J connectivity index is 1.13. The quantitative estimate of drug-likeness (QED) is 0.161. The van der Waals surface area contributed by atoms with Gasteiger partial charge in [-0.15, -0.1) is 0 Å². The lowest BCUT2D eigenvalue weighted by molar-refractivity contribution is -0.253. The van der Waals surface area contributed by atoms with Gasteiger partial charge in [0.2, 0.25) is 5.91 Å². The van der Waals surface area contributed by atoms with Crippen LogP contribution in [-0.2, 0) is 32.2 Å². The zero-order valence-electron chi connectivity index (χ0n) is 29.2. The molecule has 3 N–H and O–H groups in total. The molecule has 5 atom stereocenters. The van der Waals surface area contributed by atoms with Gasteiger partial charge in [0.15, 0.2) is 6.29 Å². The summed E-state index contributed by atoms with van der Waals surface area (Å²) in [7, 11) is 0. The van der Waals surface area contributed by atoms with Crippen LogP contribution in [0.3, 0.4) is 0 Å². The molecule has 3 aromatic rings. The number of rotatable bonds is 13. The van der Waals surface area contributed by atoms with Gasteiger partial charge in [-0.25, -0.2) is 0 Å². The van der Waals surface area contributed by atoms with Crippen LogP contribution in [0.4, 0.5) is 0 Å². The van der Waals surface area contributed by atoms with Crippen LogP contribution in [0.15, 0.2) is 72.8 Å². The number of nitrogens with one attached hydrogen (secondary N) is 1. The SMILES string of the molecule is CC1(C)CC2CC(C)(CN2C[C@H]2C[C@@H](c3ccc(CO)cc3)O[C@@H](c3ccc(-c4cccc(CNC(=O)CCCCC(=O)O)c4)cc3)O2)C1. The lowest BCUT2D eigenvalue weighted by Gasteiger charge is -2.41. The van der Waals surface area contributed by atoms with Crippen molar-refractivity contribution < 1.29 is 29.3 Å². The number of unbranched alkanes of at least 4 members (excludes halogenated alkanes) is 1. The van der Waals surface area contributed by atoms with Crippen LogP contribution in [0.25, 0.3) is 11.1 Å². The molecule has 1 saturated carbocycles. The third-order valence-electron chi connectivity index (χ3n) is 10.6. The fourth-order valence-corrected chi connectivity index (χ4v) is 8.63. The highest BCUT2D eigenvalue weighted by atomic mass is 16.7.